The van der Waals surface area contributed by atoms with Gasteiger partial charge >= 0.3 is 0 Å². The molecule has 3 N–H and O–H groups in total. The summed E-state index contributed by atoms with van der Waals surface area (Å²) in [7, 11) is 0. The van der Waals surface area contributed by atoms with Crippen LogP contribution < -0.4 is 11.1 Å². The molecular formula is C13H17ClFN5O. The molecule has 0 radical (unpaired) electrons. The topological polar surface area (TPSA) is 85.8 Å². The average Bonchev–Trinajstić information content (AvgIpc) is 2.85. The number of halogens is 2. The Morgan fingerprint density at radius 3 is 2.57 bits per heavy atom. The standard InChI is InChI=1S/C13H16FN5O.ClH/c1-13(2,15)8-16-12(20)11-7-17-19(18-11)10-5-3-9(14)4-6-10;/h3-7H,8,15H2,1-2H3,(H,16,20);1H. The second kappa shape index (κ2) is 6.64. The minimum absolute atomic E-state index is 0. The normalized spacial score (nSPS) is 10.9. The summed E-state index contributed by atoms with van der Waals surface area (Å²) in [4.78, 5) is 13.1. The van der Waals surface area contributed by atoms with Gasteiger partial charge in [-0.05, 0) is 38.1 Å². The zero-order chi connectivity index (χ0) is 14.8. The molecule has 2 rings (SSSR count). The molecule has 0 aliphatic heterocycles. The van der Waals surface area contributed by atoms with Gasteiger partial charge in [0.1, 0.15) is 5.82 Å². The molecule has 0 saturated heterocycles. The molecule has 2 aromatic rings. The summed E-state index contributed by atoms with van der Waals surface area (Å²) in [6, 6.07) is 5.66. The van der Waals surface area contributed by atoms with Gasteiger partial charge in [0.2, 0.25) is 0 Å². The van der Waals surface area contributed by atoms with Crippen molar-refractivity contribution < 1.29 is 9.18 Å². The summed E-state index contributed by atoms with van der Waals surface area (Å²) in [6.45, 7) is 3.94. The van der Waals surface area contributed by atoms with Crippen molar-refractivity contribution in [2.45, 2.75) is 19.4 Å². The molecule has 8 heteroatoms. The van der Waals surface area contributed by atoms with Crippen LogP contribution in [0.3, 0.4) is 0 Å². The number of carbonyl (C=O) groups excluding carboxylic acids is 1. The number of hydrogen-bond acceptors (Lipinski definition) is 4. The van der Waals surface area contributed by atoms with Crippen LogP contribution in [0.4, 0.5) is 4.39 Å². The van der Waals surface area contributed by atoms with E-state index in [-0.39, 0.29) is 29.8 Å². The Hall–Kier alpha value is -1.99. The lowest BCUT2D eigenvalue weighted by Crippen LogP contribution is -2.45. The SMILES string of the molecule is CC(C)(N)CNC(=O)c1cnn(-c2ccc(F)cc2)n1.Cl. The minimum atomic E-state index is -0.497. The predicted molar refractivity (Wildman–Crippen MR) is 79.2 cm³/mol. The number of nitrogens with two attached hydrogens (primary N) is 1. The van der Waals surface area contributed by atoms with Crippen molar-refractivity contribution >= 4 is 18.3 Å². The summed E-state index contributed by atoms with van der Waals surface area (Å²) >= 11 is 0. The highest BCUT2D eigenvalue weighted by Crippen LogP contribution is 2.07. The van der Waals surface area contributed by atoms with E-state index in [1.807, 2.05) is 13.8 Å². The van der Waals surface area contributed by atoms with Crippen molar-refractivity contribution in [1.82, 2.24) is 20.3 Å². The lowest BCUT2D eigenvalue weighted by atomic mass is 10.1. The molecule has 1 heterocycles. The predicted octanol–water partition coefficient (Wildman–Crippen LogP) is 1.30. The monoisotopic (exact) mass is 313 g/mol. The van der Waals surface area contributed by atoms with Gasteiger partial charge in [0.05, 0.1) is 11.9 Å². The molecule has 1 aromatic heterocycles. The van der Waals surface area contributed by atoms with Crippen LogP contribution in [-0.2, 0) is 0 Å². The first-order valence-electron chi connectivity index (χ1n) is 6.10. The summed E-state index contributed by atoms with van der Waals surface area (Å²) in [5, 5.41) is 10.7. The quantitative estimate of drug-likeness (QED) is 0.890. The van der Waals surface area contributed by atoms with Gasteiger partial charge in [0.25, 0.3) is 5.91 Å². The summed E-state index contributed by atoms with van der Waals surface area (Å²) in [5.74, 6) is -0.694. The second-order valence-electron chi connectivity index (χ2n) is 5.17. The number of nitrogens with one attached hydrogen (secondary N) is 1. The first-order chi connectivity index (χ1) is 9.35. The van der Waals surface area contributed by atoms with Gasteiger partial charge in [-0.25, -0.2) is 4.39 Å². The van der Waals surface area contributed by atoms with Gasteiger partial charge < -0.3 is 11.1 Å². The van der Waals surface area contributed by atoms with Gasteiger partial charge in [0.15, 0.2) is 5.69 Å². The Morgan fingerprint density at radius 1 is 1.38 bits per heavy atom. The Bertz CT molecular complexity index is 606. The van der Waals surface area contributed by atoms with Crippen molar-refractivity contribution in [3.05, 3.63) is 42.0 Å². The van der Waals surface area contributed by atoms with Crippen molar-refractivity contribution in [3.63, 3.8) is 0 Å². The van der Waals surface area contributed by atoms with Crippen LogP contribution in [0.1, 0.15) is 24.3 Å². The van der Waals surface area contributed by atoms with E-state index in [2.05, 4.69) is 15.5 Å². The first-order valence-corrected chi connectivity index (χ1v) is 6.10. The second-order valence-corrected chi connectivity index (χ2v) is 5.17. The third-order valence-corrected chi connectivity index (χ3v) is 2.49. The Balaban J connectivity index is 0.00000220. The number of aromatic nitrogens is 3. The van der Waals surface area contributed by atoms with Crippen LogP contribution in [0.2, 0.25) is 0 Å². The van der Waals surface area contributed by atoms with E-state index < -0.39 is 5.54 Å². The smallest absolute Gasteiger partial charge is 0.273 e. The average molecular weight is 314 g/mol. The van der Waals surface area contributed by atoms with Crippen LogP contribution in [0.5, 0.6) is 0 Å². The van der Waals surface area contributed by atoms with Crippen LogP contribution in [0.15, 0.2) is 30.5 Å². The summed E-state index contributed by atoms with van der Waals surface area (Å²) in [6.07, 6.45) is 1.35. The van der Waals surface area contributed by atoms with E-state index in [4.69, 9.17) is 5.73 Å². The Kier molecular flexibility index (Phi) is 5.40. The zero-order valence-electron chi connectivity index (χ0n) is 11.7. The van der Waals surface area contributed by atoms with E-state index in [9.17, 15) is 9.18 Å². The largest absolute Gasteiger partial charge is 0.349 e. The van der Waals surface area contributed by atoms with E-state index in [1.165, 1.54) is 35.3 Å². The molecule has 0 aliphatic rings. The van der Waals surface area contributed by atoms with Crippen LogP contribution >= 0.6 is 12.4 Å². The molecule has 0 saturated carbocycles. The fraction of sp³-hybridized carbons (Fsp3) is 0.308. The maximum Gasteiger partial charge on any atom is 0.273 e. The van der Waals surface area contributed by atoms with Crippen molar-refractivity contribution in [2.75, 3.05) is 6.54 Å². The molecule has 6 nitrogen and oxygen atoms in total. The number of nitrogens with zero attached hydrogens (tertiary/aromatic N) is 3. The lowest BCUT2D eigenvalue weighted by molar-refractivity contribution is 0.0940. The third kappa shape index (κ3) is 4.80. The van der Waals surface area contributed by atoms with Gasteiger partial charge in [0, 0.05) is 12.1 Å². The minimum Gasteiger partial charge on any atom is -0.349 e. The number of benzene rings is 1. The van der Waals surface area contributed by atoms with Gasteiger partial charge in [-0.1, -0.05) is 0 Å². The lowest BCUT2D eigenvalue weighted by Gasteiger charge is -2.18. The molecule has 0 aliphatic carbocycles. The molecule has 1 aromatic carbocycles. The zero-order valence-corrected chi connectivity index (χ0v) is 12.5. The van der Waals surface area contributed by atoms with E-state index in [0.717, 1.165) is 0 Å². The fourth-order valence-corrected chi connectivity index (χ4v) is 1.46. The molecule has 0 atom stereocenters. The first kappa shape index (κ1) is 17.1. The molecule has 21 heavy (non-hydrogen) atoms. The van der Waals surface area contributed by atoms with Gasteiger partial charge in [-0.3, -0.25) is 4.79 Å². The molecular weight excluding hydrogens is 297 g/mol. The number of carbonyl (C=O) groups is 1. The maximum atomic E-state index is 12.8. The fourth-order valence-electron chi connectivity index (χ4n) is 1.46. The highest BCUT2D eigenvalue weighted by Gasteiger charge is 2.15. The van der Waals surface area contributed by atoms with Gasteiger partial charge in [-0.2, -0.15) is 9.90 Å². The van der Waals surface area contributed by atoms with E-state index >= 15 is 0 Å². The van der Waals surface area contributed by atoms with Crippen LogP contribution in [0, 0.1) is 5.82 Å². The molecule has 114 valence electrons. The Morgan fingerprint density at radius 2 is 2.00 bits per heavy atom. The highest BCUT2D eigenvalue weighted by atomic mass is 35.5. The number of amides is 1. The van der Waals surface area contributed by atoms with Crippen molar-refractivity contribution in [3.8, 4) is 5.69 Å². The summed E-state index contributed by atoms with van der Waals surface area (Å²) in [5.41, 5.74) is 6.04. The Labute approximate surface area is 127 Å². The molecule has 0 spiro atoms. The molecule has 0 bridgehead atoms. The van der Waals surface area contributed by atoms with Crippen LogP contribution in [-0.4, -0.2) is 33.0 Å². The third-order valence-electron chi connectivity index (χ3n) is 2.49. The van der Waals surface area contributed by atoms with E-state index in [0.29, 0.717) is 12.2 Å². The van der Waals surface area contributed by atoms with Crippen LogP contribution in [0.25, 0.3) is 5.69 Å². The molecule has 1 amide bonds. The maximum absolute atomic E-state index is 12.8. The van der Waals surface area contributed by atoms with Crippen molar-refractivity contribution in [1.29, 1.82) is 0 Å². The molecule has 0 fully saturated rings. The highest BCUT2D eigenvalue weighted by molar-refractivity contribution is 5.91. The molecule has 0 unspecified atom stereocenters. The number of hydrogen-bond donors (Lipinski definition) is 2. The summed E-state index contributed by atoms with van der Waals surface area (Å²) < 4.78 is 12.8. The van der Waals surface area contributed by atoms with E-state index in [1.54, 1.807) is 0 Å². The number of rotatable bonds is 4. The van der Waals surface area contributed by atoms with Gasteiger partial charge in [-0.15, -0.1) is 17.5 Å². The van der Waals surface area contributed by atoms with Crippen molar-refractivity contribution in [2.24, 2.45) is 5.73 Å².